The summed E-state index contributed by atoms with van der Waals surface area (Å²) in [5.41, 5.74) is 6.24. The lowest BCUT2D eigenvalue weighted by atomic mass is 9.62. The molecule has 0 saturated heterocycles. The largest absolute Gasteiger partial charge is 0.0645 e. The fourth-order valence-electron chi connectivity index (χ4n) is 5.60. The Bertz CT molecular complexity index is 535. The Labute approximate surface area is 150 Å². The minimum atomic E-state index is 0.478. The van der Waals surface area contributed by atoms with Gasteiger partial charge in [-0.25, -0.2) is 0 Å². The van der Waals surface area contributed by atoms with Crippen molar-refractivity contribution in [3.63, 3.8) is 0 Å². The lowest BCUT2D eigenvalue weighted by Gasteiger charge is -2.42. The van der Waals surface area contributed by atoms with Gasteiger partial charge in [0.05, 0.1) is 0 Å². The molecule has 0 atom stereocenters. The zero-order valence-electron chi connectivity index (χ0n) is 16.6. The smallest absolute Gasteiger partial charge is 0.00466 e. The average Bonchev–Trinajstić information content (AvgIpc) is 2.62. The van der Waals surface area contributed by atoms with Crippen LogP contribution in [0.25, 0.3) is 0 Å². The van der Waals surface area contributed by atoms with E-state index in [9.17, 15) is 0 Å². The van der Waals surface area contributed by atoms with Crippen molar-refractivity contribution < 1.29 is 0 Å². The summed E-state index contributed by atoms with van der Waals surface area (Å²) in [6.45, 7) is 9.72. The number of hydrogen-bond donors (Lipinski definition) is 0. The summed E-state index contributed by atoms with van der Waals surface area (Å²) in [5, 5.41) is 0. The van der Waals surface area contributed by atoms with Gasteiger partial charge in [0, 0.05) is 0 Å². The van der Waals surface area contributed by atoms with Crippen molar-refractivity contribution in [3.05, 3.63) is 34.9 Å². The number of hydrogen-bond acceptors (Lipinski definition) is 0. The lowest BCUT2D eigenvalue weighted by Crippen LogP contribution is -2.31. The molecule has 24 heavy (non-hydrogen) atoms. The van der Waals surface area contributed by atoms with E-state index in [1.165, 1.54) is 70.6 Å². The summed E-state index contributed by atoms with van der Waals surface area (Å²) in [7, 11) is 0. The van der Waals surface area contributed by atoms with Crippen molar-refractivity contribution in [2.24, 2.45) is 5.41 Å². The first-order valence-electron chi connectivity index (χ1n) is 10.6. The van der Waals surface area contributed by atoms with Crippen LogP contribution in [0.2, 0.25) is 0 Å². The van der Waals surface area contributed by atoms with E-state index in [1.807, 2.05) is 0 Å². The molecule has 2 saturated carbocycles. The maximum atomic E-state index is 2.52. The second kappa shape index (κ2) is 7.22. The molecule has 3 rings (SSSR count). The van der Waals surface area contributed by atoms with Crippen LogP contribution in [0.3, 0.4) is 0 Å². The first-order chi connectivity index (χ1) is 11.5. The molecule has 0 amide bonds. The Morgan fingerprint density at radius 3 is 2.17 bits per heavy atom. The summed E-state index contributed by atoms with van der Waals surface area (Å²) < 4.78 is 0. The SMILES string of the molecule is CCc1cccc(C2(CC)CCCCC2)c1C1CCC(C)(C)CC1. The van der Waals surface area contributed by atoms with Gasteiger partial charge in [0.25, 0.3) is 0 Å². The summed E-state index contributed by atoms with van der Waals surface area (Å²) in [4.78, 5) is 0. The van der Waals surface area contributed by atoms with Crippen LogP contribution in [0, 0.1) is 5.41 Å². The summed E-state index contributed by atoms with van der Waals surface area (Å²) in [6.07, 6.45) is 15.3. The van der Waals surface area contributed by atoms with E-state index in [0.717, 1.165) is 5.92 Å². The minimum Gasteiger partial charge on any atom is -0.0645 e. The number of benzene rings is 1. The fraction of sp³-hybridized carbons (Fsp3) is 0.750. The maximum absolute atomic E-state index is 2.52. The molecule has 1 aromatic carbocycles. The highest BCUT2D eigenvalue weighted by atomic mass is 14.4. The second-order valence-corrected chi connectivity index (χ2v) is 9.36. The normalized spacial score (nSPS) is 24.0. The van der Waals surface area contributed by atoms with E-state index in [-0.39, 0.29) is 0 Å². The molecule has 0 aromatic heterocycles. The molecule has 2 aliphatic carbocycles. The van der Waals surface area contributed by atoms with Crippen molar-refractivity contribution in [1.82, 2.24) is 0 Å². The highest BCUT2D eigenvalue weighted by Crippen LogP contribution is 2.49. The first-order valence-corrected chi connectivity index (χ1v) is 10.6. The van der Waals surface area contributed by atoms with Crippen LogP contribution in [-0.4, -0.2) is 0 Å². The van der Waals surface area contributed by atoms with Gasteiger partial charge in [0.1, 0.15) is 0 Å². The highest BCUT2D eigenvalue weighted by Gasteiger charge is 2.37. The molecule has 2 aliphatic rings. The highest BCUT2D eigenvalue weighted by molar-refractivity contribution is 5.43. The predicted molar refractivity (Wildman–Crippen MR) is 106 cm³/mol. The molecule has 134 valence electrons. The van der Waals surface area contributed by atoms with Crippen molar-refractivity contribution in [3.8, 4) is 0 Å². The molecule has 0 heteroatoms. The number of aryl methyl sites for hydroxylation is 1. The van der Waals surface area contributed by atoms with Crippen LogP contribution < -0.4 is 0 Å². The van der Waals surface area contributed by atoms with Gasteiger partial charge in [-0.3, -0.25) is 0 Å². The molecular formula is C24H38. The fourth-order valence-corrected chi connectivity index (χ4v) is 5.60. The van der Waals surface area contributed by atoms with Crippen molar-refractivity contribution in [2.45, 2.75) is 110 Å². The van der Waals surface area contributed by atoms with E-state index in [1.54, 1.807) is 16.7 Å². The van der Waals surface area contributed by atoms with Crippen LogP contribution in [0.15, 0.2) is 18.2 Å². The van der Waals surface area contributed by atoms with Crippen LogP contribution in [-0.2, 0) is 11.8 Å². The van der Waals surface area contributed by atoms with Gasteiger partial charge in [-0.15, -0.1) is 0 Å². The summed E-state index contributed by atoms with van der Waals surface area (Å²) >= 11 is 0. The van der Waals surface area contributed by atoms with E-state index >= 15 is 0 Å². The number of rotatable bonds is 4. The average molecular weight is 327 g/mol. The van der Waals surface area contributed by atoms with Crippen molar-refractivity contribution >= 4 is 0 Å². The molecule has 0 aliphatic heterocycles. The minimum absolute atomic E-state index is 0.478. The van der Waals surface area contributed by atoms with E-state index < -0.39 is 0 Å². The van der Waals surface area contributed by atoms with Crippen molar-refractivity contribution in [2.75, 3.05) is 0 Å². The molecule has 0 nitrogen and oxygen atoms in total. The van der Waals surface area contributed by atoms with E-state index in [2.05, 4.69) is 45.9 Å². The van der Waals surface area contributed by atoms with Crippen molar-refractivity contribution in [1.29, 1.82) is 0 Å². The predicted octanol–water partition coefficient (Wildman–Crippen LogP) is 7.54. The molecule has 0 heterocycles. The topological polar surface area (TPSA) is 0 Å². The standard InChI is InChI=1S/C24H38/c1-5-19-11-10-12-21(24(6-2)15-8-7-9-16-24)22(19)20-13-17-23(3,4)18-14-20/h10-12,20H,5-9,13-18H2,1-4H3. The van der Waals surface area contributed by atoms with Gasteiger partial charge in [-0.05, 0) is 84.8 Å². The first kappa shape index (κ1) is 18.0. The van der Waals surface area contributed by atoms with Gasteiger partial charge in [0.2, 0.25) is 0 Å². The zero-order chi connectivity index (χ0) is 17.2. The van der Waals surface area contributed by atoms with E-state index in [4.69, 9.17) is 0 Å². The monoisotopic (exact) mass is 326 g/mol. The van der Waals surface area contributed by atoms with Gasteiger partial charge in [0.15, 0.2) is 0 Å². The quantitative estimate of drug-likeness (QED) is 0.536. The van der Waals surface area contributed by atoms with Gasteiger partial charge in [-0.2, -0.15) is 0 Å². The van der Waals surface area contributed by atoms with Crippen LogP contribution in [0.5, 0.6) is 0 Å². The summed E-state index contributed by atoms with van der Waals surface area (Å²) in [5.74, 6) is 0.814. The molecule has 1 aromatic rings. The Hall–Kier alpha value is -0.780. The molecule has 0 unspecified atom stereocenters. The Morgan fingerprint density at radius 1 is 0.917 bits per heavy atom. The molecule has 0 bridgehead atoms. The van der Waals surface area contributed by atoms with Crippen LogP contribution in [0.1, 0.15) is 115 Å². The third kappa shape index (κ3) is 3.44. The van der Waals surface area contributed by atoms with Gasteiger partial charge < -0.3 is 0 Å². The molecule has 2 fully saturated rings. The summed E-state index contributed by atoms with van der Waals surface area (Å²) in [6, 6.07) is 7.30. The van der Waals surface area contributed by atoms with Gasteiger partial charge >= 0.3 is 0 Å². The Morgan fingerprint density at radius 2 is 1.58 bits per heavy atom. The third-order valence-corrected chi connectivity index (χ3v) is 7.38. The molecule has 0 N–H and O–H groups in total. The molecular weight excluding hydrogens is 288 g/mol. The molecule has 0 radical (unpaired) electrons. The third-order valence-electron chi connectivity index (χ3n) is 7.38. The molecule has 0 spiro atoms. The van der Waals surface area contributed by atoms with Crippen LogP contribution in [0.4, 0.5) is 0 Å². The Balaban J connectivity index is 2.01. The van der Waals surface area contributed by atoms with Gasteiger partial charge in [-0.1, -0.05) is 65.2 Å². The lowest BCUT2D eigenvalue weighted by molar-refractivity contribution is 0.220. The maximum Gasteiger partial charge on any atom is -0.00466 e. The zero-order valence-corrected chi connectivity index (χ0v) is 16.6. The van der Waals surface area contributed by atoms with Crippen LogP contribution >= 0.6 is 0 Å². The van der Waals surface area contributed by atoms with E-state index in [0.29, 0.717) is 10.8 Å². The second-order valence-electron chi connectivity index (χ2n) is 9.36. The Kier molecular flexibility index (Phi) is 5.42.